The highest BCUT2D eigenvalue weighted by Crippen LogP contribution is 2.18. The summed E-state index contributed by atoms with van der Waals surface area (Å²) in [5, 5.41) is 14.6. The van der Waals surface area contributed by atoms with Crippen LogP contribution in [0, 0.1) is 0 Å². The van der Waals surface area contributed by atoms with Crippen molar-refractivity contribution >= 4 is 29.3 Å². The Kier molecular flexibility index (Phi) is 3.75. The summed E-state index contributed by atoms with van der Waals surface area (Å²) in [7, 11) is 0. The van der Waals surface area contributed by atoms with Crippen LogP contribution in [0.1, 0.15) is 12.8 Å². The van der Waals surface area contributed by atoms with Crippen LogP contribution in [-0.4, -0.2) is 39.3 Å². The maximum Gasteiger partial charge on any atom is 0.160 e. The number of rotatable bonds is 2. The summed E-state index contributed by atoms with van der Waals surface area (Å²) >= 11 is 0. The Balaban J connectivity index is 0.00000108. The molecule has 0 radical (unpaired) electrons. The molecule has 0 aliphatic carbocycles. The van der Waals surface area contributed by atoms with Crippen LogP contribution >= 0.6 is 12.4 Å². The van der Waals surface area contributed by atoms with Gasteiger partial charge in [-0.1, -0.05) is 0 Å². The van der Waals surface area contributed by atoms with E-state index in [2.05, 4.69) is 30.8 Å². The Morgan fingerprint density at radius 2 is 2.29 bits per heavy atom. The van der Waals surface area contributed by atoms with E-state index in [9.17, 15) is 0 Å². The molecule has 0 bridgehead atoms. The van der Waals surface area contributed by atoms with Crippen molar-refractivity contribution in [2.24, 2.45) is 0 Å². The second kappa shape index (κ2) is 5.29. The normalized spacial score (nSPS) is 19.9. The Bertz CT molecular complexity index is 478. The maximum absolute atomic E-state index is 4.26. The Morgan fingerprint density at radius 1 is 1.35 bits per heavy atom. The molecule has 17 heavy (non-hydrogen) atoms. The van der Waals surface area contributed by atoms with E-state index < -0.39 is 0 Å². The molecule has 6 nitrogen and oxygen atoms in total. The number of aromatic nitrogens is 4. The lowest BCUT2D eigenvalue weighted by molar-refractivity contribution is 0.479. The summed E-state index contributed by atoms with van der Waals surface area (Å²) in [6.07, 6.45) is 5.70. The summed E-state index contributed by atoms with van der Waals surface area (Å²) in [6, 6.07) is 0.446. The van der Waals surface area contributed by atoms with Crippen LogP contribution in [0.5, 0.6) is 0 Å². The molecule has 3 N–H and O–H groups in total. The number of hydrogen-bond donors (Lipinski definition) is 3. The number of piperidine rings is 1. The molecule has 0 amide bonds. The van der Waals surface area contributed by atoms with Gasteiger partial charge in [-0.3, -0.25) is 5.10 Å². The van der Waals surface area contributed by atoms with Crippen LogP contribution in [0.25, 0.3) is 11.0 Å². The molecule has 0 unspecified atom stereocenters. The fraction of sp³-hybridized carbons (Fsp3) is 0.500. The lowest BCUT2D eigenvalue weighted by Crippen LogP contribution is -2.38. The Morgan fingerprint density at radius 3 is 3.12 bits per heavy atom. The molecule has 1 aliphatic heterocycles. The van der Waals surface area contributed by atoms with Gasteiger partial charge in [-0.25, -0.2) is 9.97 Å². The molecule has 2 aromatic heterocycles. The van der Waals surface area contributed by atoms with E-state index in [1.165, 1.54) is 12.8 Å². The highest BCUT2D eigenvalue weighted by atomic mass is 35.5. The number of fused-ring (bicyclic) bond motifs is 1. The number of anilines is 1. The maximum atomic E-state index is 4.26. The molecule has 92 valence electrons. The predicted octanol–water partition coefficient (Wildman–Crippen LogP) is 0.939. The average Bonchev–Trinajstić information content (AvgIpc) is 2.80. The predicted molar refractivity (Wildman–Crippen MR) is 68.4 cm³/mol. The molecule has 2 aromatic rings. The molecule has 0 spiro atoms. The first kappa shape index (κ1) is 12.1. The van der Waals surface area contributed by atoms with E-state index in [1.807, 2.05) is 0 Å². The van der Waals surface area contributed by atoms with Gasteiger partial charge in [0.15, 0.2) is 5.65 Å². The third-order valence-electron chi connectivity index (χ3n) is 2.89. The first-order chi connectivity index (χ1) is 7.93. The van der Waals surface area contributed by atoms with Gasteiger partial charge in [-0.2, -0.15) is 5.10 Å². The number of hydrogen-bond acceptors (Lipinski definition) is 5. The standard InChI is InChI=1S/C10H14N6.ClH/c1-2-7(4-11-3-1)15-9-8-5-14-16-10(8)13-6-12-9;/h5-7,11H,1-4H2,(H2,12,13,14,15,16);1H/t7-;/m0./s1. The number of halogens is 1. The van der Waals surface area contributed by atoms with Crippen molar-refractivity contribution in [2.45, 2.75) is 18.9 Å². The van der Waals surface area contributed by atoms with Crippen molar-refractivity contribution in [3.05, 3.63) is 12.5 Å². The average molecular weight is 255 g/mol. The van der Waals surface area contributed by atoms with Crippen LogP contribution in [0.15, 0.2) is 12.5 Å². The van der Waals surface area contributed by atoms with E-state index in [-0.39, 0.29) is 12.4 Å². The van der Waals surface area contributed by atoms with Crippen LogP contribution in [0.4, 0.5) is 5.82 Å². The topological polar surface area (TPSA) is 78.5 Å². The highest BCUT2D eigenvalue weighted by molar-refractivity contribution is 5.85. The van der Waals surface area contributed by atoms with Gasteiger partial charge in [-0.05, 0) is 19.4 Å². The molecule has 0 aromatic carbocycles. The molecular formula is C10H15ClN6. The van der Waals surface area contributed by atoms with Crippen LogP contribution < -0.4 is 10.6 Å². The molecule has 3 rings (SSSR count). The molecular weight excluding hydrogens is 240 g/mol. The number of H-pyrrole nitrogens is 1. The van der Waals surface area contributed by atoms with E-state index in [0.29, 0.717) is 6.04 Å². The van der Waals surface area contributed by atoms with Crippen molar-refractivity contribution in [2.75, 3.05) is 18.4 Å². The Hall–Kier alpha value is -1.40. The van der Waals surface area contributed by atoms with Gasteiger partial charge in [0.2, 0.25) is 0 Å². The summed E-state index contributed by atoms with van der Waals surface area (Å²) in [4.78, 5) is 8.37. The summed E-state index contributed by atoms with van der Waals surface area (Å²) < 4.78 is 0. The minimum absolute atomic E-state index is 0. The van der Waals surface area contributed by atoms with Gasteiger partial charge >= 0.3 is 0 Å². The number of nitrogens with one attached hydrogen (secondary N) is 3. The second-order valence-electron chi connectivity index (χ2n) is 4.04. The third kappa shape index (κ3) is 2.48. The van der Waals surface area contributed by atoms with Crippen LogP contribution in [0.2, 0.25) is 0 Å². The van der Waals surface area contributed by atoms with Crippen molar-refractivity contribution < 1.29 is 0 Å². The van der Waals surface area contributed by atoms with E-state index in [4.69, 9.17) is 0 Å². The first-order valence-corrected chi connectivity index (χ1v) is 5.55. The smallest absolute Gasteiger partial charge is 0.160 e. The quantitative estimate of drug-likeness (QED) is 0.743. The Labute approximate surface area is 105 Å². The van der Waals surface area contributed by atoms with Gasteiger partial charge in [0.25, 0.3) is 0 Å². The lowest BCUT2D eigenvalue weighted by atomic mass is 10.1. The van der Waals surface area contributed by atoms with Gasteiger partial charge in [0.1, 0.15) is 12.1 Å². The number of aromatic amines is 1. The van der Waals surface area contributed by atoms with E-state index >= 15 is 0 Å². The molecule has 1 saturated heterocycles. The fourth-order valence-electron chi connectivity index (χ4n) is 2.05. The molecule has 1 fully saturated rings. The summed E-state index contributed by atoms with van der Waals surface area (Å²) in [5.74, 6) is 0.868. The van der Waals surface area contributed by atoms with E-state index in [1.54, 1.807) is 12.5 Å². The highest BCUT2D eigenvalue weighted by Gasteiger charge is 2.14. The van der Waals surface area contributed by atoms with Gasteiger partial charge in [0, 0.05) is 12.6 Å². The molecule has 7 heteroatoms. The first-order valence-electron chi connectivity index (χ1n) is 5.55. The molecule has 0 saturated carbocycles. The zero-order valence-electron chi connectivity index (χ0n) is 9.31. The van der Waals surface area contributed by atoms with Crippen LogP contribution in [0.3, 0.4) is 0 Å². The lowest BCUT2D eigenvalue weighted by Gasteiger charge is -2.24. The summed E-state index contributed by atoms with van der Waals surface area (Å²) in [6.45, 7) is 2.10. The molecule has 1 aliphatic rings. The molecule has 3 heterocycles. The van der Waals surface area contributed by atoms with E-state index in [0.717, 1.165) is 29.9 Å². The van der Waals surface area contributed by atoms with Crippen molar-refractivity contribution in [1.82, 2.24) is 25.5 Å². The van der Waals surface area contributed by atoms with Crippen LogP contribution in [-0.2, 0) is 0 Å². The zero-order valence-corrected chi connectivity index (χ0v) is 10.1. The van der Waals surface area contributed by atoms with Gasteiger partial charge in [-0.15, -0.1) is 12.4 Å². The van der Waals surface area contributed by atoms with Crippen molar-refractivity contribution in [1.29, 1.82) is 0 Å². The third-order valence-corrected chi connectivity index (χ3v) is 2.89. The van der Waals surface area contributed by atoms with Gasteiger partial charge < -0.3 is 10.6 Å². The minimum Gasteiger partial charge on any atom is -0.365 e. The summed E-state index contributed by atoms with van der Waals surface area (Å²) in [5.41, 5.74) is 0.779. The minimum atomic E-state index is 0. The number of nitrogens with zero attached hydrogens (tertiary/aromatic N) is 3. The zero-order chi connectivity index (χ0) is 10.8. The molecule has 1 atom stereocenters. The largest absolute Gasteiger partial charge is 0.365 e. The second-order valence-corrected chi connectivity index (χ2v) is 4.04. The monoisotopic (exact) mass is 254 g/mol. The SMILES string of the molecule is Cl.c1nc(N[C@H]2CCCNC2)c2cn[nH]c2n1. The van der Waals surface area contributed by atoms with Crippen molar-refractivity contribution in [3.8, 4) is 0 Å². The van der Waals surface area contributed by atoms with Crippen molar-refractivity contribution in [3.63, 3.8) is 0 Å². The fourth-order valence-corrected chi connectivity index (χ4v) is 2.05. The van der Waals surface area contributed by atoms with Gasteiger partial charge in [0.05, 0.1) is 11.6 Å².